The van der Waals surface area contributed by atoms with Crippen molar-refractivity contribution in [2.24, 2.45) is 5.92 Å². The Hall–Kier alpha value is -1.12. The Morgan fingerprint density at radius 2 is 1.95 bits per heavy atom. The van der Waals surface area contributed by atoms with E-state index in [9.17, 15) is 26.7 Å². The molecule has 1 unspecified atom stereocenters. The summed E-state index contributed by atoms with van der Waals surface area (Å²) in [6.45, 7) is 1.29. The first-order chi connectivity index (χ1) is 9.52. The second-order valence-corrected chi connectivity index (χ2v) is 7.25. The highest BCUT2D eigenvalue weighted by molar-refractivity contribution is 7.89. The van der Waals surface area contributed by atoms with Crippen LogP contribution in [0.3, 0.4) is 0 Å². The van der Waals surface area contributed by atoms with Crippen molar-refractivity contribution < 1.29 is 26.7 Å². The minimum Gasteiger partial charge on any atom is -0.389 e. The summed E-state index contributed by atoms with van der Waals surface area (Å²) in [5, 5.41) is 10.0. The third-order valence-corrected chi connectivity index (χ3v) is 4.95. The van der Waals surface area contributed by atoms with Crippen LogP contribution in [0.25, 0.3) is 0 Å². The maximum atomic E-state index is 12.6. The Morgan fingerprint density at radius 1 is 1.33 bits per heavy atom. The van der Waals surface area contributed by atoms with E-state index in [0.29, 0.717) is 6.07 Å². The first-order valence-electron chi connectivity index (χ1n) is 6.42. The Bertz CT molecular complexity index is 622. The maximum absolute atomic E-state index is 12.6. The number of rotatable bonds is 5. The van der Waals surface area contributed by atoms with Crippen LogP contribution in [0.15, 0.2) is 29.2 Å². The summed E-state index contributed by atoms with van der Waals surface area (Å²) >= 11 is 0. The highest BCUT2D eigenvalue weighted by atomic mass is 32.2. The molecular weight excluding hydrogens is 307 g/mol. The molecule has 1 saturated carbocycles. The van der Waals surface area contributed by atoms with E-state index < -0.39 is 32.3 Å². The number of hydrogen-bond acceptors (Lipinski definition) is 3. The first-order valence-corrected chi connectivity index (χ1v) is 7.90. The van der Waals surface area contributed by atoms with Gasteiger partial charge in [0.15, 0.2) is 0 Å². The molecule has 21 heavy (non-hydrogen) atoms. The summed E-state index contributed by atoms with van der Waals surface area (Å²) in [7, 11) is -4.09. The molecule has 1 aliphatic rings. The standard InChI is InChI=1S/C13H16F3NO3S/c1-12(18,9-5-6-9)8-17-21(19,20)11-4-2-3-10(7-11)13(14,15)16/h2-4,7,9,17-18H,5-6,8H2,1H3. The Labute approximate surface area is 121 Å². The molecule has 118 valence electrons. The molecule has 2 N–H and O–H groups in total. The highest BCUT2D eigenvalue weighted by Gasteiger charge is 2.40. The minimum atomic E-state index is -4.61. The van der Waals surface area contributed by atoms with Gasteiger partial charge in [0.1, 0.15) is 0 Å². The summed E-state index contributed by atoms with van der Waals surface area (Å²) in [4.78, 5) is -0.469. The molecule has 0 aliphatic heterocycles. The van der Waals surface area contributed by atoms with Crippen LogP contribution >= 0.6 is 0 Å². The molecule has 0 radical (unpaired) electrons. The Morgan fingerprint density at radius 3 is 2.48 bits per heavy atom. The minimum absolute atomic E-state index is 0.0294. The molecule has 1 aromatic rings. The molecule has 0 saturated heterocycles. The van der Waals surface area contributed by atoms with E-state index in [-0.39, 0.29) is 12.5 Å². The quantitative estimate of drug-likeness (QED) is 0.872. The predicted octanol–water partition coefficient (Wildman–Crippen LogP) is 2.14. The second kappa shape index (κ2) is 5.26. The van der Waals surface area contributed by atoms with Crippen LogP contribution in [0.2, 0.25) is 0 Å². The zero-order chi connectivity index (χ0) is 15.9. The molecule has 1 aliphatic carbocycles. The van der Waals surface area contributed by atoms with Gasteiger partial charge in [-0.3, -0.25) is 0 Å². The molecule has 1 fully saturated rings. The van der Waals surface area contributed by atoms with Crippen molar-refractivity contribution in [3.8, 4) is 0 Å². The Kier molecular flexibility index (Phi) is 4.07. The molecule has 2 rings (SSSR count). The third-order valence-electron chi connectivity index (χ3n) is 3.55. The summed E-state index contributed by atoms with van der Waals surface area (Å²) in [6, 6.07) is 3.51. The average molecular weight is 323 g/mol. The fourth-order valence-electron chi connectivity index (χ4n) is 2.01. The normalized spacial score (nSPS) is 19.3. The smallest absolute Gasteiger partial charge is 0.389 e. The number of aliphatic hydroxyl groups is 1. The van der Waals surface area contributed by atoms with Crippen molar-refractivity contribution in [2.45, 2.75) is 36.4 Å². The number of benzene rings is 1. The van der Waals surface area contributed by atoms with Crippen LogP contribution < -0.4 is 4.72 Å². The molecule has 4 nitrogen and oxygen atoms in total. The largest absolute Gasteiger partial charge is 0.416 e. The van der Waals surface area contributed by atoms with Gasteiger partial charge in [-0.25, -0.2) is 13.1 Å². The molecule has 0 heterocycles. The number of sulfonamides is 1. The third kappa shape index (κ3) is 3.96. The summed E-state index contributed by atoms with van der Waals surface area (Å²) in [5.41, 5.74) is -2.21. The van der Waals surface area contributed by atoms with Crippen LogP contribution in [0.5, 0.6) is 0 Å². The molecule has 0 aromatic heterocycles. The van der Waals surface area contributed by atoms with Gasteiger partial charge >= 0.3 is 6.18 Å². The van der Waals surface area contributed by atoms with Crippen molar-refractivity contribution in [1.82, 2.24) is 4.72 Å². The van der Waals surface area contributed by atoms with E-state index in [1.54, 1.807) is 0 Å². The molecule has 0 amide bonds. The van der Waals surface area contributed by atoms with Gasteiger partial charge in [0.05, 0.1) is 16.1 Å². The summed E-state index contributed by atoms with van der Waals surface area (Å²) in [5.74, 6) is 0.0294. The molecule has 1 atom stereocenters. The maximum Gasteiger partial charge on any atom is 0.416 e. The van der Waals surface area contributed by atoms with Crippen LogP contribution in [0.4, 0.5) is 13.2 Å². The lowest BCUT2D eigenvalue weighted by molar-refractivity contribution is -0.137. The van der Waals surface area contributed by atoms with Crippen LogP contribution in [-0.2, 0) is 16.2 Å². The zero-order valence-electron chi connectivity index (χ0n) is 11.3. The molecule has 0 bridgehead atoms. The fraction of sp³-hybridized carbons (Fsp3) is 0.538. The highest BCUT2D eigenvalue weighted by Crippen LogP contribution is 2.39. The number of alkyl halides is 3. The lowest BCUT2D eigenvalue weighted by atomic mass is 10.0. The van der Waals surface area contributed by atoms with E-state index in [1.165, 1.54) is 6.92 Å². The van der Waals surface area contributed by atoms with E-state index in [2.05, 4.69) is 4.72 Å². The number of halogens is 3. The van der Waals surface area contributed by atoms with Gasteiger partial charge in [0.2, 0.25) is 10.0 Å². The van der Waals surface area contributed by atoms with Crippen LogP contribution in [0.1, 0.15) is 25.3 Å². The van der Waals surface area contributed by atoms with Gasteiger partial charge < -0.3 is 5.11 Å². The SMILES string of the molecule is CC(O)(CNS(=O)(=O)c1cccc(C(F)(F)F)c1)C1CC1. The van der Waals surface area contributed by atoms with Gasteiger partial charge in [0, 0.05) is 6.54 Å². The van der Waals surface area contributed by atoms with Crippen molar-refractivity contribution >= 4 is 10.0 Å². The average Bonchev–Trinajstić information content (AvgIpc) is 3.20. The Balaban J connectivity index is 2.16. The van der Waals surface area contributed by atoms with E-state index in [4.69, 9.17) is 0 Å². The molecule has 0 spiro atoms. The van der Waals surface area contributed by atoms with Gasteiger partial charge in [-0.1, -0.05) is 6.07 Å². The molecular formula is C13H16F3NO3S. The second-order valence-electron chi connectivity index (χ2n) is 5.48. The molecule has 8 heteroatoms. The van der Waals surface area contributed by atoms with Crippen LogP contribution in [0, 0.1) is 5.92 Å². The van der Waals surface area contributed by atoms with Gasteiger partial charge in [-0.2, -0.15) is 13.2 Å². The topological polar surface area (TPSA) is 66.4 Å². The molecule has 1 aromatic carbocycles. The summed E-state index contributed by atoms with van der Waals surface area (Å²) in [6.07, 6.45) is -2.97. The van der Waals surface area contributed by atoms with Gasteiger partial charge in [-0.05, 0) is 43.9 Å². The first kappa shape index (κ1) is 16.3. The van der Waals surface area contributed by atoms with E-state index in [1.807, 2.05) is 0 Å². The van der Waals surface area contributed by atoms with E-state index in [0.717, 1.165) is 31.0 Å². The van der Waals surface area contributed by atoms with Crippen molar-refractivity contribution in [3.63, 3.8) is 0 Å². The predicted molar refractivity (Wildman–Crippen MR) is 70.0 cm³/mol. The van der Waals surface area contributed by atoms with E-state index >= 15 is 0 Å². The van der Waals surface area contributed by atoms with Crippen molar-refractivity contribution in [1.29, 1.82) is 0 Å². The monoisotopic (exact) mass is 323 g/mol. The fourth-order valence-corrected chi connectivity index (χ4v) is 3.20. The van der Waals surface area contributed by atoms with Gasteiger partial charge in [0.25, 0.3) is 0 Å². The van der Waals surface area contributed by atoms with Crippen LogP contribution in [-0.4, -0.2) is 25.7 Å². The van der Waals surface area contributed by atoms with Crippen molar-refractivity contribution in [2.75, 3.05) is 6.54 Å². The summed E-state index contributed by atoms with van der Waals surface area (Å²) < 4.78 is 64.0. The van der Waals surface area contributed by atoms with Gasteiger partial charge in [-0.15, -0.1) is 0 Å². The lowest BCUT2D eigenvalue weighted by Gasteiger charge is -2.23. The number of hydrogen-bond donors (Lipinski definition) is 2. The number of nitrogens with one attached hydrogen (secondary N) is 1. The zero-order valence-corrected chi connectivity index (χ0v) is 12.1. The van der Waals surface area contributed by atoms with Crippen molar-refractivity contribution in [3.05, 3.63) is 29.8 Å². The lowest BCUT2D eigenvalue weighted by Crippen LogP contribution is -2.42.